The fraction of sp³-hybridized carbons (Fsp3) is 0.333. The molecule has 0 bridgehead atoms. The van der Waals surface area contributed by atoms with Crippen LogP contribution in [0, 0.1) is 0 Å². The van der Waals surface area contributed by atoms with E-state index in [1.54, 1.807) is 36.7 Å². The number of anilines is 1. The molecule has 0 radical (unpaired) electrons. The predicted molar refractivity (Wildman–Crippen MR) is 52.6 cm³/mol. The Kier molecular flexibility index (Phi) is 1.72. The minimum Gasteiger partial charge on any atom is -0.399 e. The van der Waals surface area contributed by atoms with Crippen LogP contribution in [0.5, 0.6) is 0 Å². The minimum atomic E-state index is -1.03. The number of nitrogens with zero attached hydrogens (tertiary/aromatic N) is 3. The Morgan fingerprint density at radius 2 is 2.21 bits per heavy atom. The van der Waals surface area contributed by atoms with E-state index < -0.39 is 5.60 Å². The summed E-state index contributed by atoms with van der Waals surface area (Å²) in [4.78, 5) is 4.17. The van der Waals surface area contributed by atoms with Crippen LogP contribution < -0.4 is 5.73 Å². The molecule has 0 amide bonds. The van der Waals surface area contributed by atoms with Gasteiger partial charge in [0.15, 0.2) is 11.5 Å². The third kappa shape index (κ3) is 1.42. The first-order valence-corrected chi connectivity index (χ1v) is 4.31. The number of nitrogens with two attached hydrogens (primary N) is 1. The van der Waals surface area contributed by atoms with Crippen molar-refractivity contribution in [1.82, 2.24) is 14.6 Å². The molecule has 2 rings (SSSR count). The lowest BCUT2D eigenvalue weighted by molar-refractivity contribution is 0.0690. The molecule has 2 aromatic heterocycles. The van der Waals surface area contributed by atoms with Crippen molar-refractivity contribution in [3.63, 3.8) is 0 Å². The van der Waals surface area contributed by atoms with E-state index in [0.717, 1.165) is 0 Å². The Labute approximate surface area is 81.2 Å². The molecule has 5 heteroatoms. The Hall–Kier alpha value is -1.62. The van der Waals surface area contributed by atoms with Crippen molar-refractivity contribution in [1.29, 1.82) is 0 Å². The monoisotopic (exact) mass is 192 g/mol. The number of aliphatic hydroxyl groups is 1. The highest BCUT2D eigenvalue weighted by atomic mass is 16.3. The van der Waals surface area contributed by atoms with Crippen molar-refractivity contribution >= 4 is 11.3 Å². The number of nitrogen functional groups attached to an aromatic ring is 1. The van der Waals surface area contributed by atoms with Crippen LogP contribution in [-0.4, -0.2) is 19.7 Å². The molecule has 2 aromatic rings. The number of pyridine rings is 1. The van der Waals surface area contributed by atoms with Gasteiger partial charge in [0.25, 0.3) is 0 Å². The van der Waals surface area contributed by atoms with E-state index in [2.05, 4.69) is 10.1 Å². The number of rotatable bonds is 1. The molecule has 74 valence electrons. The van der Waals surface area contributed by atoms with Gasteiger partial charge in [-0.3, -0.25) is 0 Å². The van der Waals surface area contributed by atoms with Gasteiger partial charge in [-0.1, -0.05) is 0 Å². The fourth-order valence-corrected chi connectivity index (χ4v) is 1.16. The largest absolute Gasteiger partial charge is 0.399 e. The van der Waals surface area contributed by atoms with Crippen LogP contribution in [-0.2, 0) is 5.60 Å². The molecule has 5 nitrogen and oxygen atoms in total. The summed E-state index contributed by atoms with van der Waals surface area (Å²) in [5.41, 5.74) is 5.84. The topological polar surface area (TPSA) is 76.4 Å². The molecule has 0 fully saturated rings. The normalized spacial score (nSPS) is 12.2. The van der Waals surface area contributed by atoms with Crippen LogP contribution in [0.4, 0.5) is 5.69 Å². The molecule has 0 atom stereocenters. The van der Waals surface area contributed by atoms with Crippen LogP contribution in [0.2, 0.25) is 0 Å². The van der Waals surface area contributed by atoms with Crippen LogP contribution in [0.1, 0.15) is 19.7 Å². The van der Waals surface area contributed by atoms with Crippen molar-refractivity contribution in [2.75, 3.05) is 5.73 Å². The summed E-state index contributed by atoms with van der Waals surface area (Å²) in [5, 5.41) is 13.8. The first kappa shape index (κ1) is 8.96. The Balaban J connectivity index is 2.63. The summed E-state index contributed by atoms with van der Waals surface area (Å²) in [7, 11) is 0. The molecule has 0 aliphatic heterocycles. The van der Waals surface area contributed by atoms with Crippen LogP contribution in [0.3, 0.4) is 0 Å². The summed E-state index contributed by atoms with van der Waals surface area (Å²) < 4.78 is 1.59. The van der Waals surface area contributed by atoms with Crippen LogP contribution in [0.15, 0.2) is 18.3 Å². The van der Waals surface area contributed by atoms with E-state index in [-0.39, 0.29) is 0 Å². The van der Waals surface area contributed by atoms with Gasteiger partial charge in [0.2, 0.25) is 0 Å². The van der Waals surface area contributed by atoms with Gasteiger partial charge in [0.1, 0.15) is 5.60 Å². The summed E-state index contributed by atoms with van der Waals surface area (Å²) in [6.07, 6.45) is 1.72. The van der Waals surface area contributed by atoms with Gasteiger partial charge in [0, 0.05) is 18.0 Å². The molecule has 3 N–H and O–H groups in total. The van der Waals surface area contributed by atoms with E-state index in [1.165, 1.54) is 0 Å². The highest BCUT2D eigenvalue weighted by Crippen LogP contribution is 2.16. The van der Waals surface area contributed by atoms with Crippen molar-refractivity contribution in [3.8, 4) is 0 Å². The average Bonchev–Trinajstić information content (AvgIpc) is 2.45. The van der Waals surface area contributed by atoms with Crippen molar-refractivity contribution in [2.45, 2.75) is 19.4 Å². The summed E-state index contributed by atoms with van der Waals surface area (Å²) >= 11 is 0. The molecule has 2 heterocycles. The van der Waals surface area contributed by atoms with Gasteiger partial charge in [-0.25, -0.2) is 9.50 Å². The van der Waals surface area contributed by atoms with Gasteiger partial charge in [-0.2, -0.15) is 0 Å². The maximum atomic E-state index is 9.69. The first-order valence-electron chi connectivity index (χ1n) is 4.31. The van der Waals surface area contributed by atoms with Crippen molar-refractivity contribution < 1.29 is 5.11 Å². The van der Waals surface area contributed by atoms with E-state index in [0.29, 0.717) is 17.2 Å². The van der Waals surface area contributed by atoms with Gasteiger partial charge in [-0.15, -0.1) is 5.10 Å². The second kappa shape index (κ2) is 2.68. The molecule has 0 aliphatic carbocycles. The number of hydrogen-bond donors (Lipinski definition) is 2. The highest BCUT2D eigenvalue weighted by molar-refractivity contribution is 5.50. The van der Waals surface area contributed by atoms with Gasteiger partial charge < -0.3 is 10.8 Å². The van der Waals surface area contributed by atoms with E-state index in [4.69, 9.17) is 5.73 Å². The lowest BCUT2D eigenvalue weighted by Gasteiger charge is -2.10. The summed E-state index contributed by atoms with van der Waals surface area (Å²) in [6, 6.07) is 3.44. The minimum absolute atomic E-state index is 0.392. The smallest absolute Gasteiger partial charge is 0.182 e. The van der Waals surface area contributed by atoms with Crippen LogP contribution in [0.25, 0.3) is 5.65 Å². The summed E-state index contributed by atoms with van der Waals surface area (Å²) in [5.74, 6) is 0.392. The molecular formula is C9H12N4O. The predicted octanol–water partition coefficient (Wildman–Crippen LogP) is 0.539. The number of aromatic nitrogens is 3. The Bertz CT molecular complexity index is 469. The maximum Gasteiger partial charge on any atom is 0.182 e. The van der Waals surface area contributed by atoms with Gasteiger partial charge in [-0.05, 0) is 19.9 Å². The Morgan fingerprint density at radius 3 is 2.86 bits per heavy atom. The molecular weight excluding hydrogens is 180 g/mol. The quantitative estimate of drug-likeness (QED) is 0.691. The second-order valence-corrected chi connectivity index (χ2v) is 3.76. The number of fused-ring (bicyclic) bond motifs is 1. The second-order valence-electron chi connectivity index (χ2n) is 3.76. The molecule has 0 aromatic carbocycles. The van der Waals surface area contributed by atoms with E-state index in [9.17, 15) is 5.11 Å². The molecule has 0 spiro atoms. The third-order valence-corrected chi connectivity index (χ3v) is 1.91. The zero-order valence-corrected chi connectivity index (χ0v) is 8.10. The lowest BCUT2D eigenvalue weighted by atomic mass is 10.1. The highest BCUT2D eigenvalue weighted by Gasteiger charge is 2.21. The molecule has 0 saturated carbocycles. The SMILES string of the molecule is CC(C)(O)c1nc2cc(N)ccn2n1. The molecule has 0 saturated heterocycles. The number of hydrogen-bond acceptors (Lipinski definition) is 4. The van der Waals surface area contributed by atoms with Crippen LogP contribution >= 0.6 is 0 Å². The fourth-order valence-electron chi connectivity index (χ4n) is 1.16. The van der Waals surface area contributed by atoms with Crippen molar-refractivity contribution in [2.24, 2.45) is 0 Å². The van der Waals surface area contributed by atoms with Gasteiger partial charge >= 0.3 is 0 Å². The zero-order valence-electron chi connectivity index (χ0n) is 8.10. The van der Waals surface area contributed by atoms with Gasteiger partial charge in [0.05, 0.1) is 0 Å². The third-order valence-electron chi connectivity index (χ3n) is 1.91. The summed E-state index contributed by atoms with van der Waals surface area (Å²) in [6.45, 7) is 3.29. The lowest BCUT2D eigenvalue weighted by Crippen LogP contribution is -2.17. The maximum absolute atomic E-state index is 9.69. The average molecular weight is 192 g/mol. The first-order chi connectivity index (χ1) is 6.47. The molecule has 14 heavy (non-hydrogen) atoms. The van der Waals surface area contributed by atoms with Crippen molar-refractivity contribution in [3.05, 3.63) is 24.2 Å². The molecule has 0 unspecified atom stereocenters. The standard InChI is InChI=1S/C9H12N4O/c1-9(2,14)8-11-7-5-6(10)3-4-13(7)12-8/h3-5,14H,10H2,1-2H3. The molecule has 0 aliphatic rings. The van der Waals surface area contributed by atoms with E-state index >= 15 is 0 Å². The zero-order chi connectivity index (χ0) is 10.3. The Morgan fingerprint density at radius 1 is 1.50 bits per heavy atom. The van der Waals surface area contributed by atoms with E-state index in [1.807, 2.05) is 0 Å².